The van der Waals surface area contributed by atoms with Crippen molar-refractivity contribution in [1.29, 1.82) is 0 Å². The second kappa shape index (κ2) is 9.86. The van der Waals surface area contributed by atoms with Crippen LogP contribution in [0.5, 0.6) is 0 Å². The highest BCUT2D eigenvalue weighted by Gasteiger charge is 2.16. The summed E-state index contributed by atoms with van der Waals surface area (Å²) in [6.45, 7) is 7.46. The van der Waals surface area contributed by atoms with Crippen LogP contribution in [0.3, 0.4) is 0 Å². The zero-order valence-electron chi connectivity index (χ0n) is 17.6. The number of nitrogens with zero attached hydrogens (tertiary/aromatic N) is 3. The van der Waals surface area contributed by atoms with Crippen LogP contribution >= 0.6 is 0 Å². The normalized spacial score (nSPS) is 10.5. The number of likely N-dealkylation sites (N-methyl/N-ethyl adjacent to an activating group) is 1. The molecule has 1 N–H and O–H groups in total. The monoisotopic (exact) mass is 400 g/mol. The minimum absolute atomic E-state index is 0.117. The van der Waals surface area contributed by atoms with E-state index in [9.17, 15) is 14.4 Å². The van der Waals surface area contributed by atoms with E-state index < -0.39 is 18.5 Å². The maximum atomic E-state index is 12.2. The molecule has 2 amide bonds. The van der Waals surface area contributed by atoms with Crippen molar-refractivity contribution in [3.05, 3.63) is 46.8 Å². The van der Waals surface area contributed by atoms with Crippen molar-refractivity contribution in [1.82, 2.24) is 14.7 Å². The van der Waals surface area contributed by atoms with E-state index in [4.69, 9.17) is 4.74 Å². The lowest BCUT2D eigenvalue weighted by atomic mass is 10.1. The van der Waals surface area contributed by atoms with E-state index in [2.05, 4.69) is 10.4 Å². The topological polar surface area (TPSA) is 93.5 Å². The molecule has 1 heterocycles. The number of carbonyl (C=O) groups excluding carboxylic acids is 3. The van der Waals surface area contributed by atoms with Crippen LogP contribution in [-0.4, -0.2) is 52.7 Å². The fourth-order valence-corrected chi connectivity index (χ4v) is 2.92. The number of aromatic nitrogens is 2. The van der Waals surface area contributed by atoms with E-state index in [1.807, 2.05) is 52.0 Å². The van der Waals surface area contributed by atoms with Crippen LogP contribution in [0, 0.1) is 27.7 Å². The van der Waals surface area contributed by atoms with Gasteiger partial charge in [-0.1, -0.05) is 18.2 Å². The van der Waals surface area contributed by atoms with Crippen molar-refractivity contribution < 1.29 is 19.1 Å². The van der Waals surface area contributed by atoms with Crippen LogP contribution < -0.4 is 5.32 Å². The quantitative estimate of drug-likeness (QED) is 0.686. The fraction of sp³-hybridized carbons (Fsp3) is 0.429. The van der Waals surface area contributed by atoms with E-state index in [1.165, 1.54) is 11.9 Å². The Morgan fingerprint density at radius 1 is 1.14 bits per heavy atom. The van der Waals surface area contributed by atoms with Crippen LogP contribution in [0.2, 0.25) is 0 Å². The van der Waals surface area contributed by atoms with Gasteiger partial charge in [-0.25, -0.2) is 0 Å². The predicted molar refractivity (Wildman–Crippen MR) is 109 cm³/mol. The van der Waals surface area contributed by atoms with Gasteiger partial charge in [-0.05, 0) is 44.9 Å². The number of amides is 2. The number of benzene rings is 1. The number of ether oxygens (including phenoxy) is 1. The third kappa shape index (κ3) is 6.44. The van der Waals surface area contributed by atoms with Gasteiger partial charge in [0.05, 0.1) is 25.2 Å². The maximum Gasteiger partial charge on any atom is 0.308 e. The molecular weight excluding hydrogens is 372 g/mol. The molecule has 0 spiro atoms. The third-order valence-electron chi connectivity index (χ3n) is 4.54. The van der Waals surface area contributed by atoms with Gasteiger partial charge in [0.2, 0.25) is 5.91 Å². The third-order valence-corrected chi connectivity index (χ3v) is 4.54. The van der Waals surface area contributed by atoms with E-state index in [0.717, 1.165) is 28.2 Å². The number of carbonyl (C=O) groups is 3. The van der Waals surface area contributed by atoms with E-state index in [-0.39, 0.29) is 18.9 Å². The first-order valence-corrected chi connectivity index (χ1v) is 9.44. The molecule has 0 unspecified atom stereocenters. The lowest BCUT2D eigenvalue weighted by Gasteiger charge is -2.18. The molecular formula is C21H28N4O4. The molecule has 156 valence electrons. The maximum absolute atomic E-state index is 12.2. The van der Waals surface area contributed by atoms with Crippen LogP contribution in [0.25, 0.3) is 0 Å². The van der Waals surface area contributed by atoms with E-state index >= 15 is 0 Å². The minimum Gasteiger partial charge on any atom is -0.456 e. The highest BCUT2D eigenvalue weighted by Crippen LogP contribution is 2.19. The highest BCUT2D eigenvalue weighted by atomic mass is 16.5. The molecule has 0 aliphatic heterocycles. The van der Waals surface area contributed by atoms with Gasteiger partial charge < -0.3 is 15.0 Å². The lowest BCUT2D eigenvalue weighted by Crippen LogP contribution is -2.37. The number of para-hydroxylation sites is 1. The van der Waals surface area contributed by atoms with Crippen molar-refractivity contribution in [3.63, 3.8) is 0 Å². The molecule has 29 heavy (non-hydrogen) atoms. The summed E-state index contributed by atoms with van der Waals surface area (Å²) in [7, 11) is 1.50. The molecule has 2 rings (SSSR count). The van der Waals surface area contributed by atoms with Gasteiger partial charge in [0.25, 0.3) is 5.91 Å². The summed E-state index contributed by atoms with van der Waals surface area (Å²) in [4.78, 5) is 37.5. The molecule has 0 radical (unpaired) electrons. The Bertz CT molecular complexity index is 884. The SMILES string of the molecule is Cc1cc(C)n(CCC(=O)OCC(=O)N(C)CC(=O)Nc2c(C)cccc2C)n1. The lowest BCUT2D eigenvalue weighted by molar-refractivity contribution is -0.152. The zero-order valence-corrected chi connectivity index (χ0v) is 17.6. The standard InChI is InChI=1S/C21H28N4O4/c1-14-7-6-8-15(2)21(14)22-18(26)12-24(5)19(27)13-29-20(28)9-10-25-17(4)11-16(3)23-25/h6-8,11H,9-10,12-13H2,1-5H3,(H,22,26). The minimum atomic E-state index is -0.487. The summed E-state index contributed by atoms with van der Waals surface area (Å²) >= 11 is 0. The number of esters is 1. The van der Waals surface area contributed by atoms with Crippen LogP contribution in [0.4, 0.5) is 5.69 Å². The second-order valence-electron chi connectivity index (χ2n) is 7.13. The van der Waals surface area contributed by atoms with Gasteiger partial charge in [0.1, 0.15) is 0 Å². The Morgan fingerprint density at radius 3 is 2.38 bits per heavy atom. The summed E-state index contributed by atoms with van der Waals surface area (Å²) in [5.74, 6) is -1.24. The largest absolute Gasteiger partial charge is 0.456 e. The van der Waals surface area contributed by atoms with Crippen LogP contribution in [0.15, 0.2) is 24.3 Å². The van der Waals surface area contributed by atoms with Gasteiger partial charge in [0.15, 0.2) is 6.61 Å². The Kier molecular flexibility index (Phi) is 7.52. The summed E-state index contributed by atoms with van der Waals surface area (Å²) in [5, 5.41) is 7.10. The molecule has 8 heteroatoms. The molecule has 0 aliphatic rings. The average Bonchev–Trinajstić information content (AvgIpc) is 2.98. The Hall–Kier alpha value is -3.16. The molecule has 0 saturated carbocycles. The molecule has 1 aromatic heterocycles. The first kappa shape index (κ1) is 22.1. The van der Waals surface area contributed by atoms with Gasteiger partial charge >= 0.3 is 5.97 Å². The molecule has 2 aromatic rings. The van der Waals surface area contributed by atoms with Crippen LogP contribution in [-0.2, 0) is 25.7 Å². The first-order chi connectivity index (χ1) is 13.7. The molecule has 8 nitrogen and oxygen atoms in total. The Morgan fingerprint density at radius 2 is 1.79 bits per heavy atom. The number of hydrogen-bond acceptors (Lipinski definition) is 5. The number of rotatable bonds is 8. The smallest absolute Gasteiger partial charge is 0.308 e. The summed E-state index contributed by atoms with van der Waals surface area (Å²) in [5.41, 5.74) is 4.48. The van der Waals surface area contributed by atoms with Gasteiger partial charge in [-0.15, -0.1) is 0 Å². The second-order valence-corrected chi connectivity index (χ2v) is 7.13. The number of aryl methyl sites for hydroxylation is 5. The Labute approximate surface area is 170 Å². The van der Waals surface area contributed by atoms with E-state index in [0.29, 0.717) is 6.54 Å². The van der Waals surface area contributed by atoms with Crippen LogP contribution in [0.1, 0.15) is 28.9 Å². The van der Waals surface area contributed by atoms with Crippen molar-refractivity contribution in [2.45, 2.75) is 40.7 Å². The number of nitrogens with one attached hydrogen (secondary N) is 1. The molecule has 0 saturated heterocycles. The van der Waals surface area contributed by atoms with Crippen molar-refractivity contribution in [2.75, 3.05) is 25.5 Å². The summed E-state index contributed by atoms with van der Waals surface area (Å²) in [6, 6.07) is 7.65. The number of anilines is 1. The first-order valence-electron chi connectivity index (χ1n) is 9.44. The average molecular weight is 400 g/mol. The molecule has 1 aromatic carbocycles. The van der Waals surface area contributed by atoms with Crippen molar-refractivity contribution in [3.8, 4) is 0 Å². The van der Waals surface area contributed by atoms with Crippen molar-refractivity contribution in [2.24, 2.45) is 0 Å². The molecule has 0 aliphatic carbocycles. The number of hydrogen-bond donors (Lipinski definition) is 1. The zero-order chi connectivity index (χ0) is 21.6. The molecule has 0 fully saturated rings. The van der Waals surface area contributed by atoms with E-state index in [1.54, 1.807) is 4.68 Å². The van der Waals surface area contributed by atoms with Gasteiger partial charge in [-0.3, -0.25) is 19.1 Å². The summed E-state index contributed by atoms with van der Waals surface area (Å²) < 4.78 is 6.75. The summed E-state index contributed by atoms with van der Waals surface area (Å²) in [6.07, 6.45) is 0.117. The fourth-order valence-electron chi connectivity index (χ4n) is 2.92. The highest BCUT2D eigenvalue weighted by molar-refractivity contribution is 5.96. The molecule has 0 bridgehead atoms. The molecule has 0 atom stereocenters. The van der Waals surface area contributed by atoms with Gasteiger partial charge in [0, 0.05) is 18.4 Å². The van der Waals surface area contributed by atoms with Crippen molar-refractivity contribution >= 4 is 23.5 Å². The predicted octanol–water partition coefficient (Wildman–Crippen LogP) is 2.15. The van der Waals surface area contributed by atoms with Gasteiger partial charge in [-0.2, -0.15) is 5.10 Å². The Balaban J connectivity index is 1.76.